The Balaban J connectivity index is 2.12. The minimum absolute atomic E-state index is 0.149. The number of pyridine rings is 1. The van der Waals surface area contributed by atoms with Crippen LogP contribution in [0.3, 0.4) is 0 Å². The molecule has 2 aromatic rings. The maximum absolute atomic E-state index is 11.9. The van der Waals surface area contributed by atoms with E-state index in [-0.39, 0.29) is 11.4 Å². The van der Waals surface area contributed by atoms with Gasteiger partial charge in [-0.15, -0.1) is 0 Å². The number of aromatic nitrogens is 1. The van der Waals surface area contributed by atoms with Crippen molar-refractivity contribution in [3.05, 3.63) is 59.4 Å². The molecule has 0 bridgehead atoms. The van der Waals surface area contributed by atoms with Crippen molar-refractivity contribution in [2.24, 2.45) is 0 Å². The van der Waals surface area contributed by atoms with Crippen molar-refractivity contribution in [1.29, 1.82) is 0 Å². The van der Waals surface area contributed by atoms with Crippen molar-refractivity contribution in [3.8, 4) is 5.75 Å². The highest BCUT2D eigenvalue weighted by Crippen LogP contribution is 2.19. The van der Waals surface area contributed by atoms with Gasteiger partial charge in [-0.2, -0.15) is 0 Å². The van der Waals surface area contributed by atoms with Gasteiger partial charge < -0.3 is 15.2 Å². The van der Waals surface area contributed by atoms with Crippen LogP contribution < -0.4 is 10.1 Å². The monoisotopic (exact) mass is 312 g/mol. The van der Waals surface area contributed by atoms with Crippen LogP contribution >= 0.6 is 0 Å². The van der Waals surface area contributed by atoms with Gasteiger partial charge in [-0.25, -0.2) is 9.78 Å². The van der Waals surface area contributed by atoms with Crippen LogP contribution in [0.25, 0.3) is 6.08 Å². The minimum atomic E-state index is -1.20. The van der Waals surface area contributed by atoms with Crippen LogP contribution in [0.2, 0.25) is 0 Å². The van der Waals surface area contributed by atoms with E-state index in [1.165, 1.54) is 18.3 Å². The fourth-order valence-corrected chi connectivity index (χ4v) is 1.96. The summed E-state index contributed by atoms with van der Waals surface area (Å²) >= 11 is 0. The van der Waals surface area contributed by atoms with Crippen molar-refractivity contribution >= 4 is 23.6 Å². The Bertz CT molecular complexity index is 769. The summed E-state index contributed by atoms with van der Waals surface area (Å²) in [5, 5.41) is 11.5. The molecule has 1 aromatic carbocycles. The first-order valence-electron chi connectivity index (χ1n) is 6.83. The highest BCUT2D eigenvalue weighted by molar-refractivity contribution is 6.05. The van der Waals surface area contributed by atoms with E-state index in [4.69, 9.17) is 9.84 Å². The number of amides is 1. The van der Waals surface area contributed by atoms with Gasteiger partial charge in [-0.3, -0.25) is 4.79 Å². The quantitative estimate of drug-likeness (QED) is 0.829. The number of carbonyl (C=O) groups excluding carboxylic acids is 1. The Morgan fingerprint density at radius 3 is 2.78 bits per heavy atom. The molecular weight excluding hydrogens is 296 g/mol. The Hall–Kier alpha value is -3.15. The molecule has 0 aliphatic carbocycles. The summed E-state index contributed by atoms with van der Waals surface area (Å²) in [7, 11) is 1.58. The molecule has 0 saturated carbocycles. The smallest absolute Gasteiger partial charge is 0.356 e. The van der Waals surface area contributed by atoms with Crippen molar-refractivity contribution < 1.29 is 19.4 Å². The largest absolute Gasteiger partial charge is 0.496 e. The number of aromatic carboxylic acids is 1. The number of carbonyl (C=O) groups is 2. The summed E-state index contributed by atoms with van der Waals surface area (Å²) in [6.07, 6.45) is 4.30. The summed E-state index contributed by atoms with van der Waals surface area (Å²) in [6, 6.07) is 8.59. The Morgan fingerprint density at radius 1 is 1.30 bits per heavy atom. The lowest BCUT2D eigenvalue weighted by atomic mass is 10.1. The van der Waals surface area contributed by atoms with Gasteiger partial charge in [0.1, 0.15) is 5.75 Å². The van der Waals surface area contributed by atoms with E-state index in [2.05, 4.69) is 10.3 Å². The molecule has 0 radical (unpaired) electrons. The molecule has 0 spiro atoms. The molecule has 2 rings (SSSR count). The molecule has 1 heterocycles. The maximum atomic E-state index is 11.9. The number of carboxylic acid groups (broad SMARTS) is 1. The number of methoxy groups -OCH3 is 1. The molecule has 0 aliphatic heterocycles. The Labute approximate surface area is 133 Å². The number of anilines is 1. The Kier molecular flexibility index (Phi) is 5.09. The number of nitrogens with one attached hydrogen (secondary N) is 1. The number of nitrogens with zero attached hydrogens (tertiary/aromatic N) is 1. The first-order valence-corrected chi connectivity index (χ1v) is 6.83. The third kappa shape index (κ3) is 4.16. The van der Waals surface area contributed by atoms with Crippen LogP contribution in [0.4, 0.5) is 5.69 Å². The zero-order valence-electron chi connectivity index (χ0n) is 12.7. The number of aryl methyl sites for hydroxylation is 1. The lowest BCUT2D eigenvalue weighted by molar-refractivity contribution is -0.111. The molecule has 118 valence electrons. The average molecular weight is 312 g/mol. The third-order valence-electron chi connectivity index (χ3n) is 3.13. The second-order valence-electron chi connectivity index (χ2n) is 4.76. The minimum Gasteiger partial charge on any atom is -0.496 e. The number of hydrogen-bond donors (Lipinski definition) is 2. The van der Waals surface area contributed by atoms with E-state index < -0.39 is 11.9 Å². The van der Waals surface area contributed by atoms with E-state index in [1.807, 2.05) is 25.1 Å². The van der Waals surface area contributed by atoms with Crippen molar-refractivity contribution in [2.75, 3.05) is 12.4 Å². The Morgan fingerprint density at radius 2 is 2.09 bits per heavy atom. The second kappa shape index (κ2) is 7.22. The zero-order valence-corrected chi connectivity index (χ0v) is 12.7. The summed E-state index contributed by atoms with van der Waals surface area (Å²) in [6.45, 7) is 1.93. The molecule has 1 amide bonds. The number of carboxylic acids is 1. The summed E-state index contributed by atoms with van der Waals surface area (Å²) in [4.78, 5) is 26.7. The van der Waals surface area contributed by atoms with E-state index in [9.17, 15) is 9.59 Å². The van der Waals surface area contributed by atoms with Crippen molar-refractivity contribution in [1.82, 2.24) is 4.98 Å². The molecule has 6 heteroatoms. The van der Waals surface area contributed by atoms with Crippen LogP contribution in [-0.4, -0.2) is 29.1 Å². The molecular formula is C17H16N2O4. The van der Waals surface area contributed by atoms with Gasteiger partial charge in [0.2, 0.25) is 5.91 Å². The second-order valence-corrected chi connectivity index (χ2v) is 4.76. The SMILES string of the molecule is COc1cc(/C=C/C(=O)Nc2cccnc2C(=O)O)ccc1C. The van der Waals surface area contributed by atoms with Crippen LogP contribution in [0, 0.1) is 6.92 Å². The molecule has 0 saturated heterocycles. The molecule has 6 nitrogen and oxygen atoms in total. The summed E-state index contributed by atoms with van der Waals surface area (Å²) in [5.41, 5.74) is 1.74. The number of hydrogen-bond acceptors (Lipinski definition) is 4. The first kappa shape index (κ1) is 16.2. The predicted molar refractivity (Wildman–Crippen MR) is 86.6 cm³/mol. The third-order valence-corrected chi connectivity index (χ3v) is 3.13. The fourth-order valence-electron chi connectivity index (χ4n) is 1.96. The summed E-state index contributed by atoms with van der Waals surface area (Å²) < 4.78 is 5.22. The molecule has 0 atom stereocenters. The van der Waals surface area contributed by atoms with E-state index >= 15 is 0 Å². The number of benzene rings is 1. The van der Waals surface area contributed by atoms with Crippen molar-refractivity contribution in [2.45, 2.75) is 6.92 Å². The standard InChI is InChI=1S/C17H16N2O4/c1-11-5-6-12(10-14(11)23-2)7-8-15(20)19-13-4-3-9-18-16(13)17(21)22/h3-10H,1-2H3,(H,19,20)(H,21,22)/b8-7+. The van der Waals surface area contributed by atoms with Crippen molar-refractivity contribution in [3.63, 3.8) is 0 Å². The van der Waals surface area contributed by atoms with Gasteiger partial charge in [-0.1, -0.05) is 12.1 Å². The van der Waals surface area contributed by atoms with E-state index in [0.717, 1.165) is 16.9 Å². The van der Waals surface area contributed by atoms with Gasteiger partial charge >= 0.3 is 5.97 Å². The van der Waals surface area contributed by atoms with E-state index in [0.29, 0.717) is 0 Å². The highest BCUT2D eigenvalue weighted by Gasteiger charge is 2.12. The molecule has 1 aromatic heterocycles. The van der Waals surface area contributed by atoms with Gasteiger partial charge in [-0.05, 0) is 42.3 Å². The molecule has 0 fully saturated rings. The van der Waals surface area contributed by atoms with E-state index in [1.54, 1.807) is 19.3 Å². The topological polar surface area (TPSA) is 88.5 Å². The molecule has 0 aliphatic rings. The normalized spacial score (nSPS) is 10.5. The van der Waals surface area contributed by atoms with Crippen LogP contribution in [0.1, 0.15) is 21.6 Å². The lowest BCUT2D eigenvalue weighted by Gasteiger charge is -2.06. The fraction of sp³-hybridized carbons (Fsp3) is 0.118. The van der Waals surface area contributed by atoms with Crippen LogP contribution in [0.15, 0.2) is 42.6 Å². The van der Waals surface area contributed by atoms with Gasteiger partial charge in [0, 0.05) is 12.3 Å². The maximum Gasteiger partial charge on any atom is 0.356 e. The number of rotatable bonds is 5. The average Bonchev–Trinajstić information content (AvgIpc) is 2.54. The molecule has 23 heavy (non-hydrogen) atoms. The summed E-state index contributed by atoms with van der Waals surface area (Å²) in [5.74, 6) is -0.916. The first-order chi connectivity index (χ1) is 11.0. The molecule has 0 unspecified atom stereocenters. The number of ether oxygens (including phenoxy) is 1. The van der Waals surface area contributed by atoms with Gasteiger partial charge in [0.25, 0.3) is 0 Å². The van der Waals surface area contributed by atoms with Gasteiger partial charge in [0.15, 0.2) is 5.69 Å². The van der Waals surface area contributed by atoms with Crippen LogP contribution in [-0.2, 0) is 4.79 Å². The predicted octanol–water partition coefficient (Wildman–Crippen LogP) is 2.75. The highest BCUT2D eigenvalue weighted by atomic mass is 16.5. The lowest BCUT2D eigenvalue weighted by Crippen LogP contribution is -2.13. The van der Waals surface area contributed by atoms with Gasteiger partial charge in [0.05, 0.1) is 12.8 Å². The zero-order chi connectivity index (χ0) is 16.8. The van der Waals surface area contributed by atoms with Crippen LogP contribution in [0.5, 0.6) is 5.75 Å². The molecule has 2 N–H and O–H groups in total.